The molecule has 0 aliphatic carbocycles. The quantitative estimate of drug-likeness (QED) is 0.0125. The third kappa shape index (κ3) is 28.9. The van der Waals surface area contributed by atoms with Gasteiger partial charge in [-0.2, -0.15) is 0 Å². The normalized spacial score (nSPS) is 12.6. The number of imidazole rings is 4. The Balaban J connectivity index is 0.000000288. The highest BCUT2D eigenvalue weighted by molar-refractivity contribution is 6.30. The number of aliphatic hydroxyl groups excluding tert-OH is 5. The van der Waals surface area contributed by atoms with Crippen LogP contribution in [0.3, 0.4) is 0 Å². The van der Waals surface area contributed by atoms with Gasteiger partial charge in [-0.3, -0.25) is 19.2 Å². The fourth-order valence-corrected chi connectivity index (χ4v) is 16.8. The molecule has 1 fully saturated rings. The molecule has 40 nitrogen and oxygen atoms in total. The number of hydrogen-bond donors (Lipinski definition) is 17. The molecule has 48 heteroatoms. The molecule has 0 radical (unpaired) electrons. The van der Waals surface area contributed by atoms with E-state index in [0.29, 0.717) is 44.0 Å². The highest BCUT2D eigenvalue weighted by Gasteiger charge is 2.34. The molecule has 770 valence electrons. The molecular formula is C94H129Cl8N31O9. The second kappa shape index (κ2) is 55.8. The molecule has 0 spiro atoms. The molecule has 4 amide bonds. The van der Waals surface area contributed by atoms with Crippen LogP contribution in [0.15, 0.2) is 124 Å². The second-order valence-electron chi connectivity index (χ2n) is 32.5. The van der Waals surface area contributed by atoms with Crippen LogP contribution in [0.2, 0.25) is 20.6 Å². The van der Waals surface area contributed by atoms with Crippen LogP contribution in [0.5, 0.6) is 0 Å². The van der Waals surface area contributed by atoms with Gasteiger partial charge in [0, 0.05) is 104 Å². The van der Waals surface area contributed by atoms with Crippen LogP contribution < -0.4 is 133 Å². The molecular weight excluding hydrogens is 1990 g/mol. The van der Waals surface area contributed by atoms with Crippen molar-refractivity contribution in [3.05, 3.63) is 213 Å². The summed E-state index contributed by atoms with van der Waals surface area (Å²) in [6.45, 7) is 46.7. The van der Waals surface area contributed by atoms with Crippen molar-refractivity contribution in [3.8, 4) is 0 Å². The predicted octanol–water partition coefficient (Wildman–Crippen LogP) is -7.17. The van der Waals surface area contributed by atoms with Crippen molar-refractivity contribution in [2.45, 2.75) is 158 Å². The molecule has 4 aromatic carbocycles. The molecule has 8 aromatic heterocycles. The number of nitrogen functional groups attached to an aromatic ring is 4. The van der Waals surface area contributed by atoms with E-state index < -0.39 is 54.7 Å². The minimum absolute atomic E-state index is 0. The standard InChI is InChI=1S/C25H34ClN7O6.C24H31ClN8O.C23H31ClN8O.C22H29ClN8O.4ClH/c1-4-32-15-7-6-14(13(3)28-9-17(35)22(37)23(38)18(36)12-34)8-16(15)33(5-2)20(32)11-30-25(39)21-24(27)29-10-19(26)31-21;1-5-32-18-8-7-17(16(3)31-11-9-30(4)10-12-31)13-19(18)33(6-2)21(32)15-28-24(34)22-23(26)27-14-20(25)29-22;1-6-31-17-9-8-16(15(3)26-10-11-30(4)5)12-18(17)32(7-2)20(31)14-28-23(33)21-22(25)27-13-19(24)29-21;1-5-30-16-8-7-15(14(3)26-10-9-25-4)11-17(16)31(6-2)19(30)13-28-22(32)20-21(24)27-12-18(23)29-20;;;;/h6-8,10,17-18,22-23,28,34-38H,3-5,9,11-12H2,1-2H3,(H2-,27,29,30,39);7-8,13-14H,3,5-6,9-12,15H2,1-2,4H3,(H2-,26,27,28,34);8-9,12-13,26H,3,6-7,10-11,14H2,1-2,4-5H3,(H2-,25,27,28,33);7-8,11-12,25-26H,3,5-6,9-10,13H2,1-2,4H3,(H2-,24,27,28,32);4*1H/t17-,18+,22+,23+;;;;;;;/m0......./s1. The number of fused-ring (bicyclic) bond motifs is 4. The zero-order valence-corrected chi connectivity index (χ0v) is 87.7. The first kappa shape index (κ1) is 119. The Hall–Kier alpha value is -11.7. The molecule has 0 unspecified atom stereocenters. The average Bonchev–Trinajstić information content (AvgIpc) is 1.63. The van der Waals surface area contributed by atoms with Gasteiger partial charge in [-0.25, -0.2) is 76.4 Å². The van der Waals surface area contributed by atoms with E-state index in [9.17, 15) is 39.6 Å². The first-order valence-corrected chi connectivity index (χ1v) is 47.0. The van der Waals surface area contributed by atoms with Gasteiger partial charge in [0.05, 0.1) is 89.9 Å². The minimum Gasteiger partial charge on any atom is -1.00 e. The van der Waals surface area contributed by atoms with Gasteiger partial charge < -0.3 is 155 Å². The van der Waals surface area contributed by atoms with Crippen LogP contribution in [0.1, 0.15) is 143 Å². The van der Waals surface area contributed by atoms with E-state index in [1.165, 1.54) is 24.8 Å². The number of aryl methyl sites for hydroxylation is 8. The van der Waals surface area contributed by atoms with Crippen molar-refractivity contribution in [2.24, 2.45) is 0 Å². The number of nitrogens with one attached hydrogen (secondary N) is 8. The van der Waals surface area contributed by atoms with Crippen LogP contribution in [0.4, 0.5) is 23.3 Å². The molecule has 1 aliphatic heterocycles. The fraction of sp³-hybridized carbons (Fsp3) is 0.404. The first-order valence-electron chi connectivity index (χ1n) is 45.5. The van der Waals surface area contributed by atoms with Gasteiger partial charge in [0.15, 0.2) is 90.2 Å². The lowest BCUT2D eigenvalue weighted by Gasteiger charge is -2.35. The zero-order valence-electron chi connectivity index (χ0n) is 81.6. The lowest BCUT2D eigenvalue weighted by atomic mass is 10.0. The summed E-state index contributed by atoms with van der Waals surface area (Å²) in [7, 11) is 8.16. The van der Waals surface area contributed by atoms with Crippen molar-refractivity contribution in [1.82, 2.24) is 115 Å². The summed E-state index contributed by atoms with van der Waals surface area (Å²) in [5.41, 5.74) is 38.8. The summed E-state index contributed by atoms with van der Waals surface area (Å²) in [5, 5.41) is 73.3. The van der Waals surface area contributed by atoms with Crippen LogP contribution in [0.25, 0.3) is 66.9 Å². The van der Waals surface area contributed by atoms with Gasteiger partial charge in [-0.05, 0) is 156 Å². The van der Waals surface area contributed by atoms with Gasteiger partial charge in [-0.1, -0.05) is 72.7 Å². The maximum Gasteiger partial charge on any atom is 0.277 e. The predicted molar refractivity (Wildman–Crippen MR) is 537 cm³/mol. The Bertz CT molecular complexity index is 6410. The van der Waals surface area contributed by atoms with E-state index in [1.54, 1.807) is 0 Å². The van der Waals surface area contributed by atoms with E-state index >= 15 is 0 Å². The molecule has 4 atom stereocenters. The first-order chi connectivity index (χ1) is 66.0. The van der Waals surface area contributed by atoms with Crippen molar-refractivity contribution >= 4 is 160 Å². The summed E-state index contributed by atoms with van der Waals surface area (Å²) in [6, 6.07) is 24.8. The number of halogens is 8. The van der Waals surface area contributed by atoms with Gasteiger partial charge in [0.2, 0.25) is 0 Å². The van der Waals surface area contributed by atoms with Gasteiger partial charge in [-0.15, -0.1) is 0 Å². The number of aromatic nitrogens is 16. The largest absolute Gasteiger partial charge is 1.00 e. The monoisotopic (exact) mass is 2120 g/mol. The lowest BCUT2D eigenvalue weighted by Crippen LogP contribution is -3.00. The molecule has 1 aliphatic rings. The summed E-state index contributed by atoms with van der Waals surface area (Å²) >= 11 is 23.5. The van der Waals surface area contributed by atoms with E-state index in [-0.39, 0.29) is 129 Å². The van der Waals surface area contributed by atoms with Crippen LogP contribution in [-0.4, -0.2) is 240 Å². The Morgan fingerprint density at radius 3 is 0.986 bits per heavy atom. The number of carbonyl (C=O) groups excluding carboxylic acids is 4. The summed E-state index contributed by atoms with van der Waals surface area (Å²) < 4.78 is 17.3. The Kier molecular flexibility index (Phi) is 46.8. The molecule has 21 N–H and O–H groups in total. The van der Waals surface area contributed by atoms with Gasteiger partial charge >= 0.3 is 0 Å². The molecule has 1 saturated heterocycles. The maximum absolute atomic E-state index is 12.8. The van der Waals surface area contributed by atoms with Crippen molar-refractivity contribution < 1.29 is 113 Å². The molecule has 9 heterocycles. The van der Waals surface area contributed by atoms with E-state index in [0.717, 1.165) is 193 Å². The summed E-state index contributed by atoms with van der Waals surface area (Å²) in [4.78, 5) is 89.3. The molecule has 13 rings (SSSR count). The Morgan fingerprint density at radius 2 is 0.704 bits per heavy atom. The Labute approximate surface area is 870 Å². The number of hydrogen-bond acceptors (Lipinski definition) is 28. The van der Waals surface area contributed by atoms with Crippen molar-refractivity contribution in [2.75, 3.05) is 117 Å². The fourth-order valence-electron chi connectivity index (χ4n) is 16.3. The van der Waals surface area contributed by atoms with Gasteiger partial charge in [0.1, 0.15) is 65.1 Å². The number of anilines is 4. The third-order valence-corrected chi connectivity index (χ3v) is 24.3. The average molecular weight is 2120 g/mol. The maximum atomic E-state index is 12.8. The zero-order chi connectivity index (χ0) is 101. The van der Waals surface area contributed by atoms with E-state index in [1.807, 2.05) is 57.8 Å². The number of benzene rings is 4. The highest BCUT2D eigenvalue weighted by atomic mass is 35.5. The highest BCUT2D eigenvalue weighted by Crippen LogP contribution is 2.29. The van der Waals surface area contributed by atoms with Crippen molar-refractivity contribution in [1.29, 1.82) is 0 Å². The number of likely N-dealkylation sites (N-methyl/N-ethyl adjacent to an activating group) is 3. The summed E-state index contributed by atoms with van der Waals surface area (Å²) in [6.07, 6.45) is -1.19. The van der Waals surface area contributed by atoms with E-state index in [2.05, 4.69) is 259 Å². The summed E-state index contributed by atoms with van der Waals surface area (Å²) in [5.74, 6) is 2.12. The second-order valence-corrected chi connectivity index (χ2v) is 34.0. The van der Waals surface area contributed by atoms with Crippen LogP contribution >= 0.6 is 46.4 Å². The Morgan fingerprint density at radius 1 is 0.423 bits per heavy atom. The van der Waals surface area contributed by atoms with Crippen LogP contribution in [-0.2, 0) is 78.5 Å². The smallest absolute Gasteiger partial charge is 0.277 e. The lowest BCUT2D eigenvalue weighted by molar-refractivity contribution is -0.676. The number of amides is 4. The SMILES string of the molecule is C=C(NCCN(C)C)c1ccc2c(c1)n(CC)c(CNC(=O)c1nc(Cl)cnc1N)[n+]2CC.C=C(NCCNC)c1ccc2c(c1)n(CC)c(CNC(=O)c1nc(Cl)cnc1N)[n+]2CC.C=C(NC[C@H](O)[C@@H](O)[C@H](O)[C@H](O)CO)c1ccc2c(c1)n(CC)c(CNC(=O)c1nc(Cl)cnc1N)[n+]2CC.C=C(c1ccc2c(c1)n(CC)c(CNC(=O)c1nc(Cl)cnc1N)[n+]2CC)N1CCN(C)CC1.[Cl-].[Cl-].[Cl-].[Cl-]. The number of carbonyl (C=O) groups is 4. The van der Waals surface area contributed by atoms with Crippen LogP contribution in [0, 0.1) is 0 Å². The molecule has 12 aromatic rings. The molecule has 142 heavy (non-hydrogen) atoms. The molecule has 0 bridgehead atoms. The van der Waals surface area contributed by atoms with Gasteiger partial charge in [0.25, 0.3) is 46.9 Å². The number of piperazine rings is 1. The van der Waals surface area contributed by atoms with E-state index in [4.69, 9.17) is 74.4 Å². The number of rotatable bonds is 40. The number of nitrogens with two attached hydrogens (primary N) is 4. The topological polar surface area (TPSA) is 518 Å². The third-order valence-electron chi connectivity index (χ3n) is 23.5. The number of nitrogens with zero attached hydrogens (tertiary/aromatic N) is 19. The van der Waals surface area contributed by atoms with Crippen molar-refractivity contribution in [3.63, 3.8) is 0 Å². The molecule has 0 saturated carbocycles. The number of aliphatic hydroxyl groups is 5. The minimum atomic E-state index is -1.71.